The third kappa shape index (κ3) is 5.03. The predicted molar refractivity (Wildman–Crippen MR) is 81.7 cm³/mol. The van der Waals surface area contributed by atoms with Crippen molar-refractivity contribution in [2.75, 3.05) is 19.9 Å². The van der Waals surface area contributed by atoms with Gasteiger partial charge in [-0.15, -0.1) is 0 Å². The molecule has 0 spiro atoms. The summed E-state index contributed by atoms with van der Waals surface area (Å²) in [6.07, 6.45) is 1.84. The molecule has 0 aliphatic rings. The van der Waals surface area contributed by atoms with Crippen molar-refractivity contribution in [2.45, 2.75) is 38.0 Å². The minimum absolute atomic E-state index is 0.237. The predicted octanol–water partition coefficient (Wildman–Crippen LogP) is 3.50. The summed E-state index contributed by atoms with van der Waals surface area (Å²) < 4.78 is 19.1. The normalized spacial score (nSPS) is 14.2. The van der Waals surface area contributed by atoms with Crippen LogP contribution in [0.5, 0.6) is 5.75 Å². The van der Waals surface area contributed by atoms with Crippen molar-refractivity contribution < 1.29 is 9.13 Å². The summed E-state index contributed by atoms with van der Waals surface area (Å²) in [5, 5.41) is 3.91. The van der Waals surface area contributed by atoms with Gasteiger partial charge in [-0.2, -0.15) is 11.8 Å². The van der Waals surface area contributed by atoms with E-state index in [1.807, 2.05) is 30.9 Å². The molecule has 1 aromatic carbocycles. The molecule has 4 heteroatoms. The van der Waals surface area contributed by atoms with Crippen LogP contribution >= 0.6 is 11.8 Å². The first-order valence-electron chi connectivity index (χ1n) is 6.72. The van der Waals surface area contributed by atoms with E-state index in [0.29, 0.717) is 23.0 Å². The van der Waals surface area contributed by atoms with Crippen molar-refractivity contribution in [1.29, 1.82) is 0 Å². The van der Waals surface area contributed by atoms with Crippen LogP contribution < -0.4 is 10.1 Å². The van der Waals surface area contributed by atoms with Crippen molar-refractivity contribution in [3.63, 3.8) is 0 Å². The number of halogens is 1. The zero-order chi connectivity index (χ0) is 14.3. The highest BCUT2D eigenvalue weighted by Gasteiger charge is 2.14. The number of nitrogens with one attached hydrogen (secondary N) is 1. The lowest BCUT2D eigenvalue weighted by atomic mass is 10.1. The Morgan fingerprint density at radius 2 is 2.16 bits per heavy atom. The maximum atomic E-state index is 14.1. The Balaban J connectivity index is 2.65. The van der Waals surface area contributed by atoms with Gasteiger partial charge in [-0.3, -0.25) is 0 Å². The van der Waals surface area contributed by atoms with Crippen LogP contribution in [-0.4, -0.2) is 31.2 Å². The lowest BCUT2D eigenvalue weighted by molar-refractivity contribution is 0.383. The zero-order valence-corrected chi connectivity index (χ0v) is 13.0. The van der Waals surface area contributed by atoms with E-state index in [1.54, 1.807) is 6.07 Å². The van der Waals surface area contributed by atoms with Crippen LogP contribution in [-0.2, 0) is 6.42 Å². The summed E-state index contributed by atoms with van der Waals surface area (Å²) in [4.78, 5) is 0. The van der Waals surface area contributed by atoms with E-state index in [9.17, 15) is 4.39 Å². The average molecular weight is 285 g/mol. The van der Waals surface area contributed by atoms with E-state index in [4.69, 9.17) is 4.74 Å². The molecule has 0 aliphatic heterocycles. The van der Waals surface area contributed by atoms with Crippen molar-refractivity contribution in [2.24, 2.45) is 0 Å². The second kappa shape index (κ2) is 8.43. The smallest absolute Gasteiger partial charge is 0.168 e. The molecular formula is C15H24FNOS. The number of methoxy groups -OCH3 is 1. The molecule has 0 aromatic heterocycles. The Morgan fingerprint density at radius 3 is 2.74 bits per heavy atom. The molecule has 0 amide bonds. The lowest BCUT2D eigenvalue weighted by Gasteiger charge is -2.19. The summed E-state index contributed by atoms with van der Waals surface area (Å²) >= 11 is 1.93. The van der Waals surface area contributed by atoms with E-state index in [0.717, 1.165) is 12.2 Å². The number of thioether (sulfide) groups is 1. The molecule has 0 saturated carbocycles. The van der Waals surface area contributed by atoms with Crippen molar-refractivity contribution in [3.05, 3.63) is 29.6 Å². The van der Waals surface area contributed by atoms with Gasteiger partial charge in [0, 0.05) is 17.0 Å². The summed E-state index contributed by atoms with van der Waals surface area (Å²) in [5.74, 6) is 1.07. The maximum Gasteiger partial charge on any atom is 0.168 e. The molecule has 0 radical (unpaired) electrons. The van der Waals surface area contributed by atoms with Crippen LogP contribution in [0.25, 0.3) is 0 Å². The number of ether oxygens (including phenoxy) is 1. The molecule has 1 rings (SSSR count). The Kier molecular flexibility index (Phi) is 7.24. The highest BCUT2D eigenvalue weighted by molar-refractivity contribution is 7.99. The molecule has 19 heavy (non-hydrogen) atoms. The summed E-state index contributed by atoms with van der Waals surface area (Å²) in [7, 11) is 3.43. The molecule has 2 unspecified atom stereocenters. The Hall–Kier alpha value is -0.740. The van der Waals surface area contributed by atoms with E-state index < -0.39 is 0 Å². The van der Waals surface area contributed by atoms with Gasteiger partial charge in [-0.1, -0.05) is 26.0 Å². The number of likely N-dealkylation sites (N-methyl/N-ethyl adjacent to an activating group) is 1. The first-order chi connectivity index (χ1) is 9.12. The molecule has 0 aliphatic carbocycles. The van der Waals surface area contributed by atoms with Crippen LogP contribution in [0, 0.1) is 5.82 Å². The highest BCUT2D eigenvalue weighted by Crippen LogP contribution is 2.22. The fourth-order valence-electron chi connectivity index (χ4n) is 1.78. The Morgan fingerprint density at radius 1 is 1.42 bits per heavy atom. The Bertz CT molecular complexity index is 386. The van der Waals surface area contributed by atoms with Crippen LogP contribution in [0.15, 0.2) is 18.2 Å². The summed E-state index contributed by atoms with van der Waals surface area (Å²) in [6, 6.07) is 5.60. The van der Waals surface area contributed by atoms with E-state index >= 15 is 0 Å². The van der Waals surface area contributed by atoms with Gasteiger partial charge in [0.2, 0.25) is 0 Å². The SMILES string of the molecule is CCC(C)SCC(Cc1cccc(OC)c1F)NC. The minimum atomic E-state index is -0.237. The van der Waals surface area contributed by atoms with Crippen LogP contribution in [0.3, 0.4) is 0 Å². The first-order valence-corrected chi connectivity index (χ1v) is 7.77. The molecule has 0 fully saturated rings. The fourth-order valence-corrected chi connectivity index (χ4v) is 2.86. The molecule has 108 valence electrons. The van der Waals surface area contributed by atoms with Gasteiger partial charge in [-0.25, -0.2) is 4.39 Å². The summed E-state index contributed by atoms with van der Waals surface area (Å²) in [5.41, 5.74) is 0.712. The fraction of sp³-hybridized carbons (Fsp3) is 0.600. The van der Waals surface area contributed by atoms with Gasteiger partial charge in [0.25, 0.3) is 0 Å². The topological polar surface area (TPSA) is 21.3 Å². The zero-order valence-electron chi connectivity index (χ0n) is 12.2. The number of hydrogen-bond donors (Lipinski definition) is 1. The third-order valence-electron chi connectivity index (χ3n) is 3.29. The van der Waals surface area contributed by atoms with Crippen molar-refractivity contribution >= 4 is 11.8 Å². The largest absolute Gasteiger partial charge is 0.494 e. The van der Waals surface area contributed by atoms with Gasteiger partial charge in [0.05, 0.1) is 7.11 Å². The van der Waals surface area contributed by atoms with Crippen LogP contribution in [0.4, 0.5) is 4.39 Å². The first kappa shape index (κ1) is 16.3. The van der Waals surface area contributed by atoms with E-state index in [-0.39, 0.29) is 11.9 Å². The molecule has 0 heterocycles. The monoisotopic (exact) mass is 285 g/mol. The third-order valence-corrected chi connectivity index (χ3v) is 4.79. The van der Waals surface area contributed by atoms with Crippen LogP contribution in [0.2, 0.25) is 0 Å². The van der Waals surface area contributed by atoms with Gasteiger partial charge in [-0.05, 0) is 31.5 Å². The van der Waals surface area contributed by atoms with Crippen LogP contribution in [0.1, 0.15) is 25.8 Å². The summed E-state index contributed by atoms with van der Waals surface area (Å²) in [6.45, 7) is 4.41. The Labute approximate surface area is 120 Å². The molecule has 2 nitrogen and oxygen atoms in total. The number of hydrogen-bond acceptors (Lipinski definition) is 3. The maximum absolute atomic E-state index is 14.1. The molecule has 1 N–H and O–H groups in total. The second-order valence-corrected chi connectivity index (χ2v) is 6.15. The second-order valence-electron chi connectivity index (χ2n) is 4.68. The van der Waals surface area contributed by atoms with Gasteiger partial charge >= 0.3 is 0 Å². The van der Waals surface area contributed by atoms with Crippen molar-refractivity contribution in [1.82, 2.24) is 5.32 Å². The van der Waals surface area contributed by atoms with Crippen molar-refractivity contribution in [3.8, 4) is 5.75 Å². The average Bonchev–Trinajstić information content (AvgIpc) is 2.44. The minimum Gasteiger partial charge on any atom is -0.494 e. The standard InChI is InChI=1S/C15H24FNOS/c1-5-11(2)19-10-13(17-3)9-12-7-6-8-14(18-4)15(12)16/h6-8,11,13,17H,5,9-10H2,1-4H3. The van der Waals surface area contributed by atoms with Gasteiger partial charge in [0.1, 0.15) is 0 Å². The molecular weight excluding hydrogens is 261 g/mol. The number of benzene rings is 1. The highest BCUT2D eigenvalue weighted by atomic mass is 32.2. The van der Waals surface area contributed by atoms with Gasteiger partial charge in [0.15, 0.2) is 11.6 Å². The van der Waals surface area contributed by atoms with E-state index in [1.165, 1.54) is 7.11 Å². The van der Waals surface area contributed by atoms with E-state index in [2.05, 4.69) is 19.2 Å². The molecule has 0 saturated heterocycles. The molecule has 2 atom stereocenters. The lowest BCUT2D eigenvalue weighted by Crippen LogP contribution is -2.31. The molecule has 0 bridgehead atoms. The molecule has 1 aromatic rings. The van der Waals surface area contributed by atoms with Gasteiger partial charge < -0.3 is 10.1 Å². The number of rotatable bonds is 8. The quantitative estimate of drug-likeness (QED) is 0.790.